The lowest BCUT2D eigenvalue weighted by Gasteiger charge is -2.20. The number of hydrogen-bond acceptors (Lipinski definition) is 6. The Hall–Kier alpha value is -3.16. The minimum Gasteiger partial charge on any atom is -0.508 e. The van der Waals surface area contributed by atoms with E-state index in [1.165, 1.54) is 17.8 Å². The molecule has 0 atom stereocenters. The summed E-state index contributed by atoms with van der Waals surface area (Å²) in [6.45, 7) is 3.73. The van der Waals surface area contributed by atoms with E-state index in [4.69, 9.17) is 4.52 Å². The van der Waals surface area contributed by atoms with Crippen molar-refractivity contribution < 1.29 is 9.63 Å². The molecule has 0 saturated carbocycles. The second-order valence-corrected chi connectivity index (χ2v) is 6.01. The zero-order valence-corrected chi connectivity index (χ0v) is 13.4. The van der Waals surface area contributed by atoms with Crippen LogP contribution in [0.2, 0.25) is 0 Å². The molecule has 0 aliphatic rings. The lowest BCUT2D eigenvalue weighted by molar-refractivity contribution is 0.332. The monoisotopic (exact) mass is 328 g/mol. The highest BCUT2D eigenvalue weighted by molar-refractivity contribution is 5.51. The maximum absolute atomic E-state index is 11.9. The number of benzene rings is 1. The minimum atomic E-state index is -0.669. The summed E-state index contributed by atoms with van der Waals surface area (Å²) >= 11 is 0. The Morgan fingerprint density at radius 1 is 1.29 bits per heavy atom. The van der Waals surface area contributed by atoms with Gasteiger partial charge in [-0.25, -0.2) is 4.79 Å². The first-order valence-electron chi connectivity index (χ1n) is 7.23. The summed E-state index contributed by atoms with van der Waals surface area (Å²) in [5.41, 5.74) is -0.851. The Bertz CT molecular complexity index is 1010. The predicted molar refractivity (Wildman–Crippen MR) is 85.8 cm³/mol. The lowest BCUT2D eigenvalue weighted by Crippen LogP contribution is -2.28. The molecule has 2 heterocycles. The van der Waals surface area contributed by atoms with Gasteiger partial charge in [-0.3, -0.25) is 9.78 Å². The highest BCUT2D eigenvalue weighted by Crippen LogP contribution is 2.32. The molecule has 0 amide bonds. The molecule has 0 saturated heterocycles. The predicted octanol–water partition coefficient (Wildman–Crippen LogP) is 1.16. The van der Waals surface area contributed by atoms with Gasteiger partial charge >= 0.3 is 5.69 Å². The number of hydrogen-bond donors (Lipinski definition) is 2. The standard InChI is InChI=1S/C16H16N4O4/c1-16(2,9-5-4-6-10(21)7-9)14-17-12(19-24-14)11-8-20(3)15(23)18-13(11)22/h4-8,21H,1-3H3,(H,18,22,23). The first kappa shape index (κ1) is 15.7. The number of phenols is 1. The fourth-order valence-electron chi connectivity index (χ4n) is 2.33. The van der Waals surface area contributed by atoms with Crippen LogP contribution in [0.1, 0.15) is 25.3 Å². The van der Waals surface area contributed by atoms with Crippen molar-refractivity contribution in [2.24, 2.45) is 7.05 Å². The van der Waals surface area contributed by atoms with Crippen molar-refractivity contribution in [2.45, 2.75) is 19.3 Å². The molecule has 0 bridgehead atoms. The van der Waals surface area contributed by atoms with Gasteiger partial charge < -0.3 is 14.2 Å². The molecule has 1 aromatic carbocycles. The van der Waals surface area contributed by atoms with Gasteiger partial charge in [-0.15, -0.1) is 0 Å². The summed E-state index contributed by atoms with van der Waals surface area (Å²) in [6, 6.07) is 6.75. The van der Waals surface area contributed by atoms with E-state index in [0.717, 1.165) is 5.56 Å². The molecule has 0 fully saturated rings. The maximum atomic E-state index is 11.9. The van der Waals surface area contributed by atoms with Crippen molar-refractivity contribution in [2.75, 3.05) is 0 Å². The summed E-state index contributed by atoms with van der Waals surface area (Å²) in [7, 11) is 1.51. The Morgan fingerprint density at radius 2 is 2.04 bits per heavy atom. The number of H-pyrrole nitrogens is 1. The largest absolute Gasteiger partial charge is 0.508 e. The summed E-state index contributed by atoms with van der Waals surface area (Å²) in [4.78, 5) is 29.9. The Kier molecular flexibility index (Phi) is 3.59. The first-order chi connectivity index (χ1) is 11.3. The van der Waals surface area contributed by atoms with E-state index in [0.29, 0.717) is 0 Å². The molecule has 0 radical (unpaired) electrons. The Balaban J connectivity index is 2.06. The zero-order chi connectivity index (χ0) is 17.5. The Labute approximate surface area is 136 Å². The van der Waals surface area contributed by atoms with Crippen LogP contribution in [0, 0.1) is 0 Å². The van der Waals surface area contributed by atoms with Gasteiger partial charge in [0.15, 0.2) is 0 Å². The molecule has 0 unspecified atom stereocenters. The van der Waals surface area contributed by atoms with Crippen LogP contribution in [-0.4, -0.2) is 24.8 Å². The highest BCUT2D eigenvalue weighted by atomic mass is 16.5. The highest BCUT2D eigenvalue weighted by Gasteiger charge is 2.30. The third kappa shape index (κ3) is 2.62. The third-order valence-corrected chi connectivity index (χ3v) is 3.88. The number of aromatic amines is 1. The van der Waals surface area contributed by atoms with E-state index in [1.54, 1.807) is 18.2 Å². The second kappa shape index (κ2) is 5.48. The average Bonchev–Trinajstić information content (AvgIpc) is 3.01. The van der Waals surface area contributed by atoms with E-state index in [1.807, 2.05) is 19.9 Å². The van der Waals surface area contributed by atoms with Gasteiger partial charge in [0.05, 0.1) is 5.41 Å². The number of nitrogens with zero attached hydrogens (tertiary/aromatic N) is 3. The van der Waals surface area contributed by atoms with Crippen LogP contribution < -0.4 is 11.2 Å². The quantitative estimate of drug-likeness (QED) is 0.745. The molecule has 2 aromatic heterocycles. The number of aromatic nitrogens is 4. The number of phenolic OH excluding ortho intramolecular Hbond substituents is 1. The fraction of sp³-hybridized carbons (Fsp3) is 0.250. The van der Waals surface area contributed by atoms with Crippen molar-refractivity contribution in [1.29, 1.82) is 0 Å². The third-order valence-electron chi connectivity index (χ3n) is 3.88. The lowest BCUT2D eigenvalue weighted by atomic mass is 9.84. The van der Waals surface area contributed by atoms with Crippen molar-refractivity contribution in [3.05, 3.63) is 62.8 Å². The fourth-order valence-corrected chi connectivity index (χ4v) is 2.33. The number of rotatable bonds is 3. The second-order valence-electron chi connectivity index (χ2n) is 6.01. The van der Waals surface area contributed by atoms with Crippen molar-refractivity contribution in [1.82, 2.24) is 19.7 Å². The van der Waals surface area contributed by atoms with Crippen LogP contribution in [0.25, 0.3) is 11.4 Å². The molecular weight excluding hydrogens is 312 g/mol. The number of nitrogens with one attached hydrogen (secondary N) is 1. The van der Waals surface area contributed by atoms with Crippen molar-refractivity contribution >= 4 is 0 Å². The van der Waals surface area contributed by atoms with Crippen LogP contribution in [0.5, 0.6) is 5.75 Å². The van der Waals surface area contributed by atoms with Crippen molar-refractivity contribution in [3.8, 4) is 17.1 Å². The Morgan fingerprint density at radius 3 is 2.75 bits per heavy atom. The summed E-state index contributed by atoms with van der Waals surface area (Å²) < 4.78 is 6.55. The van der Waals surface area contributed by atoms with Gasteiger partial charge in [-0.1, -0.05) is 17.3 Å². The average molecular weight is 328 g/mol. The van der Waals surface area contributed by atoms with Gasteiger partial charge in [0.2, 0.25) is 11.7 Å². The van der Waals surface area contributed by atoms with Gasteiger partial charge in [0.25, 0.3) is 5.56 Å². The van der Waals surface area contributed by atoms with Gasteiger partial charge in [0, 0.05) is 13.2 Å². The van der Waals surface area contributed by atoms with Crippen molar-refractivity contribution in [3.63, 3.8) is 0 Å². The van der Waals surface area contributed by atoms with E-state index in [-0.39, 0.29) is 23.0 Å². The smallest absolute Gasteiger partial charge is 0.328 e. The molecular formula is C16H16N4O4. The number of aromatic hydroxyl groups is 1. The van der Waals surface area contributed by atoms with Crippen LogP contribution in [0.4, 0.5) is 0 Å². The summed E-state index contributed by atoms with van der Waals surface area (Å²) in [5, 5.41) is 13.5. The minimum absolute atomic E-state index is 0.0927. The molecule has 0 spiro atoms. The summed E-state index contributed by atoms with van der Waals surface area (Å²) in [5.74, 6) is 0.515. The molecule has 2 N–H and O–H groups in total. The van der Waals surface area contributed by atoms with E-state index in [2.05, 4.69) is 15.1 Å². The molecule has 8 heteroatoms. The molecule has 124 valence electrons. The topological polar surface area (TPSA) is 114 Å². The molecule has 0 aliphatic carbocycles. The van der Waals surface area contributed by atoms with Crippen LogP contribution in [-0.2, 0) is 12.5 Å². The first-order valence-corrected chi connectivity index (χ1v) is 7.23. The molecule has 8 nitrogen and oxygen atoms in total. The maximum Gasteiger partial charge on any atom is 0.328 e. The number of aryl methyl sites for hydroxylation is 1. The van der Waals surface area contributed by atoms with Crippen LogP contribution in [0.15, 0.2) is 44.6 Å². The molecule has 3 aromatic rings. The normalized spacial score (nSPS) is 11.6. The zero-order valence-electron chi connectivity index (χ0n) is 13.4. The SMILES string of the molecule is Cn1cc(-c2noc(C(C)(C)c3cccc(O)c3)n2)c(=O)[nH]c1=O. The van der Waals surface area contributed by atoms with Crippen LogP contribution >= 0.6 is 0 Å². The van der Waals surface area contributed by atoms with Gasteiger partial charge in [0.1, 0.15) is 11.3 Å². The molecule has 3 rings (SSSR count). The van der Waals surface area contributed by atoms with E-state index in [9.17, 15) is 14.7 Å². The van der Waals surface area contributed by atoms with Gasteiger partial charge in [-0.2, -0.15) is 4.98 Å². The van der Waals surface area contributed by atoms with E-state index >= 15 is 0 Å². The molecule has 24 heavy (non-hydrogen) atoms. The molecule has 0 aliphatic heterocycles. The van der Waals surface area contributed by atoms with Crippen LogP contribution in [0.3, 0.4) is 0 Å². The van der Waals surface area contributed by atoms with E-state index < -0.39 is 16.7 Å². The van der Waals surface area contributed by atoms with Gasteiger partial charge in [-0.05, 0) is 31.5 Å². The summed E-state index contributed by atoms with van der Waals surface area (Å²) in [6.07, 6.45) is 1.36.